The Morgan fingerprint density at radius 2 is 1.00 bits per heavy atom. The highest BCUT2D eigenvalue weighted by Gasteiger charge is 2.21. The lowest BCUT2D eigenvalue weighted by molar-refractivity contribution is 0.543. The van der Waals surface area contributed by atoms with Gasteiger partial charge in [0.25, 0.3) is 0 Å². The topological polar surface area (TPSA) is 38.7 Å². The van der Waals surface area contributed by atoms with Crippen molar-refractivity contribution in [3.8, 4) is 33.9 Å². The molecular weight excluding hydrogens is 446 g/mol. The Kier molecular flexibility index (Phi) is 6.47. The maximum absolute atomic E-state index is 4.94. The predicted octanol–water partition coefficient (Wildman–Crippen LogP) is 8.32. The summed E-state index contributed by atoms with van der Waals surface area (Å²) in [5.74, 6) is 2.17. The third-order valence-electron chi connectivity index (χ3n) is 5.61. The summed E-state index contributed by atoms with van der Waals surface area (Å²) in [5.41, 5.74) is 4.07. The summed E-state index contributed by atoms with van der Waals surface area (Å²) in [6.07, 6.45) is 0. The predicted molar refractivity (Wildman–Crippen MR) is 145 cm³/mol. The van der Waals surface area contributed by atoms with Gasteiger partial charge >= 0.3 is 0 Å². The summed E-state index contributed by atoms with van der Waals surface area (Å²) in [6.45, 7) is 6.41. The second-order valence-corrected chi connectivity index (χ2v) is 10.6. The highest BCUT2D eigenvalue weighted by molar-refractivity contribution is 7.99. The van der Waals surface area contributed by atoms with Crippen LogP contribution in [0.15, 0.2) is 119 Å². The van der Waals surface area contributed by atoms with Gasteiger partial charge in [-0.2, -0.15) is 0 Å². The number of hydrogen-bond donors (Lipinski definition) is 0. The normalized spacial score (nSPS) is 11.4. The Balaban J connectivity index is 1.57. The zero-order chi connectivity index (χ0) is 24.3. The molecule has 0 atom stereocenters. The van der Waals surface area contributed by atoms with Gasteiger partial charge in [-0.05, 0) is 41.5 Å². The van der Waals surface area contributed by atoms with E-state index in [9.17, 15) is 0 Å². The third kappa shape index (κ3) is 5.50. The molecular formula is C31H27N3S. The Morgan fingerprint density at radius 3 is 1.66 bits per heavy atom. The van der Waals surface area contributed by atoms with E-state index < -0.39 is 0 Å². The molecule has 0 aliphatic heterocycles. The van der Waals surface area contributed by atoms with E-state index in [1.54, 1.807) is 11.8 Å². The zero-order valence-electron chi connectivity index (χ0n) is 20.1. The molecule has 0 unspecified atom stereocenters. The van der Waals surface area contributed by atoms with Crippen molar-refractivity contribution >= 4 is 11.8 Å². The maximum atomic E-state index is 4.94. The van der Waals surface area contributed by atoms with Crippen molar-refractivity contribution in [3.63, 3.8) is 0 Å². The first-order valence-corrected chi connectivity index (χ1v) is 12.5. The minimum Gasteiger partial charge on any atom is -0.212 e. The van der Waals surface area contributed by atoms with Crippen molar-refractivity contribution < 1.29 is 0 Å². The summed E-state index contributed by atoms with van der Waals surface area (Å²) >= 11 is 1.74. The lowest BCUT2D eigenvalue weighted by Crippen LogP contribution is -2.18. The zero-order valence-corrected chi connectivity index (χ0v) is 21.0. The summed E-state index contributed by atoms with van der Waals surface area (Å²) < 4.78 is 0. The highest BCUT2D eigenvalue weighted by Crippen LogP contribution is 2.32. The van der Waals surface area contributed by atoms with Crippen LogP contribution in [0.2, 0.25) is 0 Å². The van der Waals surface area contributed by atoms with Gasteiger partial charge in [0, 0.05) is 26.3 Å². The van der Waals surface area contributed by atoms with Crippen LogP contribution in [-0.2, 0) is 5.41 Å². The molecule has 0 N–H and O–H groups in total. The quantitative estimate of drug-likeness (QED) is 0.257. The van der Waals surface area contributed by atoms with Gasteiger partial charge in [0.2, 0.25) is 0 Å². The first-order valence-electron chi connectivity index (χ1n) is 11.7. The van der Waals surface area contributed by atoms with Crippen LogP contribution in [0.1, 0.15) is 26.6 Å². The van der Waals surface area contributed by atoms with Gasteiger partial charge in [0.15, 0.2) is 11.6 Å². The van der Waals surface area contributed by atoms with Gasteiger partial charge in [-0.3, -0.25) is 0 Å². The first kappa shape index (κ1) is 23.0. The average Bonchev–Trinajstić information content (AvgIpc) is 2.89. The molecule has 5 rings (SSSR count). The SMILES string of the molecule is CC(C)(C)c1nc(-c2cccc(Sc3ccccc3)c2)nc(-c2cccc(-c3ccccc3)c2)n1. The summed E-state index contributed by atoms with van der Waals surface area (Å²) in [4.78, 5) is 17.1. The Labute approximate surface area is 211 Å². The van der Waals surface area contributed by atoms with Gasteiger partial charge in [0.1, 0.15) is 5.82 Å². The minimum atomic E-state index is -0.208. The van der Waals surface area contributed by atoms with Gasteiger partial charge in [-0.25, -0.2) is 15.0 Å². The largest absolute Gasteiger partial charge is 0.212 e. The van der Waals surface area contributed by atoms with E-state index in [0.717, 1.165) is 27.4 Å². The van der Waals surface area contributed by atoms with Crippen LogP contribution in [0.5, 0.6) is 0 Å². The number of benzene rings is 4. The molecule has 0 aliphatic carbocycles. The standard InChI is InChI=1S/C31H27N3S/c1-31(2,3)30-33-28(24-15-10-14-23(20-24)22-12-6-4-7-13-22)32-29(34-30)25-16-11-19-27(21-25)35-26-17-8-5-9-18-26/h4-21H,1-3H3. The molecule has 0 spiro atoms. The van der Waals surface area contributed by atoms with Crippen LogP contribution >= 0.6 is 11.8 Å². The van der Waals surface area contributed by atoms with E-state index in [0.29, 0.717) is 11.6 Å². The average molecular weight is 474 g/mol. The Hall–Kier alpha value is -3.76. The van der Waals surface area contributed by atoms with Gasteiger partial charge in [0.05, 0.1) is 0 Å². The summed E-state index contributed by atoms with van der Waals surface area (Å²) in [6, 6.07) is 37.6. The molecule has 4 aromatic carbocycles. The second-order valence-electron chi connectivity index (χ2n) is 9.45. The molecule has 1 heterocycles. The van der Waals surface area contributed by atoms with Crippen molar-refractivity contribution in [1.29, 1.82) is 0 Å². The van der Waals surface area contributed by atoms with Gasteiger partial charge in [-0.15, -0.1) is 0 Å². The molecule has 4 heteroatoms. The van der Waals surface area contributed by atoms with Gasteiger partial charge < -0.3 is 0 Å². The number of aromatic nitrogens is 3. The van der Waals surface area contributed by atoms with Crippen LogP contribution in [-0.4, -0.2) is 15.0 Å². The lowest BCUT2D eigenvalue weighted by Gasteiger charge is -2.18. The lowest BCUT2D eigenvalue weighted by atomic mass is 9.95. The molecule has 0 radical (unpaired) electrons. The first-order chi connectivity index (χ1) is 17.0. The van der Waals surface area contributed by atoms with E-state index in [1.165, 1.54) is 10.5 Å². The van der Waals surface area contributed by atoms with E-state index in [1.807, 2.05) is 12.1 Å². The van der Waals surface area contributed by atoms with Crippen molar-refractivity contribution in [2.75, 3.05) is 0 Å². The molecule has 0 amide bonds. The van der Waals surface area contributed by atoms with E-state index in [2.05, 4.69) is 118 Å². The Morgan fingerprint density at radius 1 is 0.486 bits per heavy atom. The van der Waals surface area contributed by atoms with E-state index in [-0.39, 0.29) is 5.41 Å². The molecule has 0 saturated carbocycles. The van der Waals surface area contributed by atoms with Crippen molar-refractivity contribution in [2.45, 2.75) is 36.0 Å². The maximum Gasteiger partial charge on any atom is 0.163 e. The molecule has 0 fully saturated rings. The molecule has 1 aromatic heterocycles. The molecule has 0 saturated heterocycles. The summed E-state index contributed by atoms with van der Waals surface area (Å²) in [7, 11) is 0. The molecule has 172 valence electrons. The Bertz CT molecular complexity index is 1440. The van der Waals surface area contributed by atoms with Gasteiger partial charge in [-0.1, -0.05) is 111 Å². The van der Waals surface area contributed by atoms with Crippen LogP contribution in [0.4, 0.5) is 0 Å². The number of rotatable bonds is 5. The van der Waals surface area contributed by atoms with Crippen molar-refractivity contribution in [2.24, 2.45) is 0 Å². The smallest absolute Gasteiger partial charge is 0.163 e. The van der Waals surface area contributed by atoms with Crippen LogP contribution < -0.4 is 0 Å². The molecule has 3 nitrogen and oxygen atoms in total. The molecule has 5 aromatic rings. The fourth-order valence-corrected chi connectivity index (χ4v) is 4.66. The van der Waals surface area contributed by atoms with Crippen LogP contribution in [0.3, 0.4) is 0 Å². The van der Waals surface area contributed by atoms with Crippen LogP contribution in [0, 0.1) is 0 Å². The molecule has 35 heavy (non-hydrogen) atoms. The van der Waals surface area contributed by atoms with E-state index in [4.69, 9.17) is 15.0 Å². The summed E-state index contributed by atoms with van der Waals surface area (Å²) in [5, 5.41) is 0. The third-order valence-corrected chi connectivity index (χ3v) is 6.60. The molecule has 0 bridgehead atoms. The monoisotopic (exact) mass is 473 g/mol. The minimum absolute atomic E-state index is 0.208. The van der Waals surface area contributed by atoms with Crippen molar-refractivity contribution in [1.82, 2.24) is 15.0 Å². The fraction of sp³-hybridized carbons (Fsp3) is 0.129. The van der Waals surface area contributed by atoms with E-state index >= 15 is 0 Å². The number of nitrogens with zero attached hydrogens (tertiary/aromatic N) is 3. The van der Waals surface area contributed by atoms with Crippen molar-refractivity contribution in [3.05, 3.63) is 115 Å². The molecule has 0 aliphatic rings. The fourth-order valence-electron chi connectivity index (χ4n) is 3.76. The van der Waals surface area contributed by atoms with Crippen LogP contribution in [0.25, 0.3) is 33.9 Å². The highest BCUT2D eigenvalue weighted by atomic mass is 32.2. The second kappa shape index (κ2) is 9.85. The number of hydrogen-bond acceptors (Lipinski definition) is 4.